The number of aliphatic hydroxyl groups is 1. The van der Waals surface area contributed by atoms with Crippen molar-refractivity contribution in [2.75, 3.05) is 7.11 Å². The van der Waals surface area contributed by atoms with E-state index in [0.717, 1.165) is 25.7 Å². The number of aliphatic hydroxyl groups excluding tert-OH is 1. The van der Waals surface area contributed by atoms with Gasteiger partial charge in [0.25, 0.3) is 0 Å². The zero-order valence-corrected chi connectivity index (χ0v) is 11.0. The molecule has 18 heavy (non-hydrogen) atoms. The molecule has 1 aliphatic carbocycles. The van der Waals surface area contributed by atoms with Crippen LogP contribution in [0, 0.1) is 17.7 Å². The highest BCUT2D eigenvalue weighted by molar-refractivity contribution is 5.32. The number of halogens is 1. The van der Waals surface area contributed by atoms with Gasteiger partial charge in [-0.3, -0.25) is 0 Å². The van der Waals surface area contributed by atoms with E-state index in [4.69, 9.17) is 4.74 Å². The average Bonchev–Trinajstić information content (AvgIpc) is 2.87. The van der Waals surface area contributed by atoms with E-state index >= 15 is 0 Å². The summed E-state index contributed by atoms with van der Waals surface area (Å²) in [6, 6.07) is 4.96. The van der Waals surface area contributed by atoms with Crippen LogP contribution in [0.4, 0.5) is 4.39 Å². The molecule has 1 aliphatic rings. The minimum Gasteiger partial charge on any atom is -0.494 e. The second kappa shape index (κ2) is 5.70. The van der Waals surface area contributed by atoms with Crippen molar-refractivity contribution < 1.29 is 14.2 Å². The molecule has 0 radical (unpaired) electrons. The lowest BCUT2D eigenvalue weighted by molar-refractivity contribution is 0.104. The van der Waals surface area contributed by atoms with Crippen LogP contribution < -0.4 is 4.74 Å². The van der Waals surface area contributed by atoms with Crippen LogP contribution in [0.3, 0.4) is 0 Å². The van der Waals surface area contributed by atoms with E-state index in [1.807, 2.05) is 0 Å². The molecule has 0 aliphatic heterocycles. The minimum atomic E-state index is -0.711. The van der Waals surface area contributed by atoms with Crippen molar-refractivity contribution in [3.63, 3.8) is 0 Å². The molecule has 0 saturated heterocycles. The molecule has 3 unspecified atom stereocenters. The van der Waals surface area contributed by atoms with Crippen LogP contribution in [-0.4, -0.2) is 12.2 Å². The second-order valence-electron chi connectivity index (χ2n) is 5.16. The van der Waals surface area contributed by atoms with E-state index < -0.39 is 11.9 Å². The molecular formula is C15H21FO2. The van der Waals surface area contributed by atoms with Gasteiger partial charge in [-0.2, -0.15) is 0 Å². The number of methoxy groups -OCH3 is 1. The Morgan fingerprint density at radius 2 is 2.22 bits per heavy atom. The first kappa shape index (κ1) is 13.3. The molecule has 0 heterocycles. The summed E-state index contributed by atoms with van der Waals surface area (Å²) in [6.45, 7) is 2.17. The van der Waals surface area contributed by atoms with Crippen molar-refractivity contribution >= 4 is 0 Å². The van der Waals surface area contributed by atoms with Gasteiger partial charge in [0.2, 0.25) is 0 Å². The highest BCUT2D eigenvalue weighted by Gasteiger charge is 2.31. The average molecular weight is 252 g/mol. The van der Waals surface area contributed by atoms with E-state index in [0.29, 0.717) is 11.5 Å². The lowest BCUT2D eigenvalue weighted by Gasteiger charge is -2.20. The number of hydrogen-bond acceptors (Lipinski definition) is 2. The minimum absolute atomic E-state index is 0.177. The molecule has 100 valence electrons. The summed E-state index contributed by atoms with van der Waals surface area (Å²) in [5, 5.41) is 10.3. The highest BCUT2D eigenvalue weighted by Crippen LogP contribution is 2.41. The Morgan fingerprint density at radius 3 is 2.83 bits per heavy atom. The fourth-order valence-electron chi connectivity index (χ4n) is 2.94. The fraction of sp³-hybridized carbons (Fsp3) is 0.600. The summed E-state index contributed by atoms with van der Waals surface area (Å²) in [6.07, 6.45) is 3.55. The van der Waals surface area contributed by atoms with Gasteiger partial charge in [-0.25, -0.2) is 4.39 Å². The van der Waals surface area contributed by atoms with Crippen LogP contribution in [0.5, 0.6) is 5.75 Å². The van der Waals surface area contributed by atoms with E-state index in [1.54, 1.807) is 18.2 Å². The molecule has 1 aromatic rings. The third-order valence-corrected chi connectivity index (χ3v) is 4.14. The monoisotopic (exact) mass is 252 g/mol. The van der Waals surface area contributed by atoms with Gasteiger partial charge in [-0.15, -0.1) is 0 Å². The molecule has 1 aromatic carbocycles. The summed E-state index contributed by atoms with van der Waals surface area (Å²) in [4.78, 5) is 0. The Balaban J connectivity index is 2.16. The predicted octanol–water partition coefficient (Wildman–Crippen LogP) is 3.69. The van der Waals surface area contributed by atoms with Crippen LogP contribution in [-0.2, 0) is 0 Å². The van der Waals surface area contributed by atoms with Crippen molar-refractivity contribution in [1.29, 1.82) is 0 Å². The number of ether oxygens (including phenoxy) is 1. The van der Waals surface area contributed by atoms with Crippen LogP contribution in [0.2, 0.25) is 0 Å². The largest absolute Gasteiger partial charge is 0.494 e. The van der Waals surface area contributed by atoms with E-state index in [1.165, 1.54) is 7.11 Å². The summed E-state index contributed by atoms with van der Waals surface area (Å²) in [7, 11) is 1.44. The van der Waals surface area contributed by atoms with Crippen molar-refractivity contribution in [3.8, 4) is 5.75 Å². The molecule has 1 fully saturated rings. The maximum atomic E-state index is 14.1. The van der Waals surface area contributed by atoms with Crippen LogP contribution >= 0.6 is 0 Å². The first-order valence-electron chi connectivity index (χ1n) is 6.67. The molecule has 0 amide bonds. The second-order valence-corrected chi connectivity index (χ2v) is 5.16. The molecule has 3 heteroatoms. The highest BCUT2D eigenvalue weighted by atomic mass is 19.1. The molecule has 0 spiro atoms. The van der Waals surface area contributed by atoms with Gasteiger partial charge in [0, 0.05) is 5.56 Å². The Morgan fingerprint density at radius 1 is 1.44 bits per heavy atom. The molecular weight excluding hydrogens is 231 g/mol. The first-order valence-corrected chi connectivity index (χ1v) is 6.67. The molecule has 0 aromatic heterocycles. The van der Waals surface area contributed by atoms with Crippen LogP contribution in [0.25, 0.3) is 0 Å². The van der Waals surface area contributed by atoms with Crippen molar-refractivity contribution in [2.45, 2.75) is 38.7 Å². The van der Waals surface area contributed by atoms with Gasteiger partial charge in [0.1, 0.15) is 0 Å². The van der Waals surface area contributed by atoms with Crippen LogP contribution in [0.15, 0.2) is 18.2 Å². The zero-order valence-electron chi connectivity index (χ0n) is 11.0. The summed E-state index contributed by atoms with van der Waals surface area (Å²) < 4.78 is 19.0. The molecule has 3 atom stereocenters. The Bertz CT molecular complexity index is 405. The van der Waals surface area contributed by atoms with Gasteiger partial charge in [0.05, 0.1) is 13.2 Å². The summed E-state index contributed by atoms with van der Waals surface area (Å²) in [5.41, 5.74) is 0.371. The van der Waals surface area contributed by atoms with Crippen molar-refractivity contribution in [1.82, 2.24) is 0 Å². The lowest BCUT2D eigenvalue weighted by Crippen LogP contribution is -2.12. The SMILES string of the molecule is CCC1CCC(C(O)c2cccc(OC)c2F)C1. The lowest BCUT2D eigenvalue weighted by atomic mass is 9.92. The topological polar surface area (TPSA) is 29.5 Å². The van der Waals surface area contributed by atoms with Gasteiger partial charge < -0.3 is 9.84 Å². The number of rotatable bonds is 4. The maximum Gasteiger partial charge on any atom is 0.170 e. The standard InChI is InChI=1S/C15H21FO2/c1-3-10-7-8-11(9-10)15(17)12-5-4-6-13(18-2)14(12)16/h4-6,10-11,15,17H,3,7-9H2,1-2H3. The van der Waals surface area contributed by atoms with Crippen molar-refractivity contribution in [2.24, 2.45) is 11.8 Å². The first-order chi connectivity index (χ1) is 8.67. The maximum absolute atomic E-state index is 14.1. The van der Waals surface area contributed by atoms with Crippen molar-refractivity contribution in [3.05, 3.63) is 29.6 Å². The molecule has 1 N–H and O–H groups in total. The third kappa shape index (κ3) is 2.51. The molecule has 1 saturated carbocycles. The molecule has 2 nitrogen and oxygen atoms in total. The van der Waals surface area contributed by atoms with Gasteiger partial charge >= 0.3 is 0 Å². The number of hydrogen-bond donors (Lipinski definition) is 1. The van der Waals surface area contributed by atoms with Gasteiger partial charge in [-0.05, 0) is 30.7 Å². The Hall–Kier alpha value is -1.09. The summed E-state index contributed by atoms with van der Waals surface area (Å²) >= 11 is 0. The zero-order chi connectivity index (χ0) is 13.1. The fourth-order valence-corrected chi connectivity index (χ4v) is 2.94. The van der Waals surface area contributed by atoms with E-state index in [9.17, 15) is 9.50 Å². The quantitative estimate of drug-likeness (QED) is 0.885. The van der Waals surface area contributed by atoms with E-state index in [2.05, 4.69) is 6.92 Å². The Kier molecular flexibility index (Phi) is 4.23. The smallest absolute Gasteiger partial charge is 0.170 e. The van der Waals surface area contributed by atoms with Gasteiger partial charge in [-0.1, -0.05) is 31.9 Å². The predicted molar refractivity (Wildman–Crippen MR) is 69.0 cm³/mol. The van der Waals surface area contributed by atoms with Crippen LogP contribution in [0.1, 0.15) is 44.3 Å². The molecule has 2 rings (SSSR count). The van der Waals surface area contributed by atoms with Gasteiger partial charge in [0.15, 0.2) is 11.6 Å². The Labute approximate surface area is 108 Å². The number of benzene rings is 1. The van der Waals surface area contributed by atoms with E-state index in [-0.39, 0.29) is 11.7 Å². The summed E-state index contributed by atoms with van der Waals surface area (Å²) in [5.74, 6) is 0.638. The third-order valence-electron chi connectivity index (χ3n) is 4.14. The molecule has 0 bridgehead atoms. The normalized spacial score (nSPS) is 25.1.